The number of aliphatic imine (C=N–C) groups is 1. The first-order chi connectivity index (χ1) is 12.7. The van der Waals surface area contributed by atoms with Crippen LogP contribution in [0.4, 0.5) is 0 Å². The van der Waals surface area contributed by atoms with E-state index in [4.69, 9.17) is 0 Å². The lowest BCUT2D eigenvalue weighted by molar-refractivity contribution is -0.128. The zero-order chi connectivity index (χ0) is 20.5. The highest BCUT2D eigenvalue weighted by Crippen LogP contribution is 2.17. The molecule has 0 atom stereocenters. The average molecular weight is 404 g/mol. The van der Waals surface area contributed by atoms with Crippen LogP contribution in [0.15, 0.2) is 4.99 Å². The van der Waals surface area contributed by atoms with Gasteiger partial charge in [0.05, 0.1) is 17.7 Å². The van der Waals surface area contributed by atoms with Crippen LogP contribution in [-0.2, 0) is 14.8 Å². The number of carbonyl (C=O) groups excluding carboxylic acids is 1. The highest BCUT2D eigenvalue weighted by atomic mass is 32.2. The number of carbonyl (C=O) groups is 1. The first-order valence-electron chi connectivity index (χ1n) is 9.97. The summed E-state index contributed by atoms with van der Waals surface area (Å²) < 4.78 is 26.0. The number of guanidine groups is 1. The van der Waals surface area contributed by atoms with Gasteiger partial charge >= 0.3 is 0 Å². The topological polar surface area (TPSA) is 103 Å². The van der Waals surface area contributed by atoms with E-state index in [1.165, 1.54) is 0 Å². The number of rotatable bonds is 9. The maximum atomic E-state index is 12.2. The van der Waals surface area contributed by atoms with Crippen molar-refractivity contribution in [2.75, 3.05) is 38.5 Å². The number of piperidine rings is 1. The smallest absolute Gasteiger partial charge is 0.227 e. The normalized spacial score (nSPS) is 17.6. The van der Waals surface area contributed by atoms with Crippen LogP contribution >= 0.6 is 0 Å². The van der Waals surface area contributed by atoms with Gasteiger partial charge in [0.1, 0.15) is 0 Å². The van der Waals surface area contributed by atoms with E-state index in [1.807, 2.05) is 34.6 Å². The number of amides is 1. The van der Waals surface area contributed by atoms with E-state index in [0.29, 0.717) is 38.6 Å². The molecule has 0 aromatic rings. The van der Waals surface area contributed by atoms with Crippen molar-refractivity contribution in [2.45, 2.75) is 59.9 Å². The minimum absolute atomic E-state index is 0.0148. The molecule has 1 rings (SSSR count). The fourth-order valence-corrected chi connectivity index (χ4v) is 4.47. The number of nitrogens with one attached hydrogen (secondary N) is 3. The lowest BCUT2D eigenvalue weighted by Gasteiger charge is -2.32. The highest BCUT2D eigenvalue weighted by Gasteiger charge is 2.29. The summed E-state index contributed by atoms with van der Waals surface area (Å²) in [7, 11) is -3.12. The largest absolute Gasteiger partial charge is 0.357 e. The molecule has 1 fully saturated rings. The molecule has 1 amide bonds. The van der Waals surface area contributed by atoms with Gasteiger partial charge in [-0.15, -0.1) is 0 Å². The van der Waals surface area contributed by atoms with E-state index >= 15 is 0 Å². The van der Waals surface area contributed by atoms with Crippen LogP contribution in [0.5, 0.6) is 0 Å². The molecule has 158 valence electrons. The molecular formula is C18H37N5O3S. The third-order valence-corrected chi connectivity index (χ3v) is 6.66. The molecule has 0 spiro atoms. The second kappa shape index (κ2) is 10.8. The average Bonchev–Trinajstić information content (AvgIpc) is 2.60. The van der Waals surface area contributed by atoms with Gasteiger partial charge in [-0.05, 0) is 47.0 Å². The number of hydrogen-bond donors (Lipinski definition) is 3. The van der Waals surface area contributed by atoms with E-state index in [-0.39, 0.29) is 17.7 Å². The summed E-state index contributed by atoms with van der Waals surface area (Å²) in [5.41, 5.74) is -0.587. The fourth-order valence-electron chi connectivity index (χ4n) is 2.93. The summed E-state index contributed by atoms with van der Waals surface area (Å²) in [6.07, 6.45) is 2.12. The van der Waals surface area contributed by atoms with E-state index in [9.17, 15) is 13.2 Å². The molecule has 0 unspecified atom stereocenters. The molecule has 1 aliphatic heterocycles. The van der Waals surface area contributed by atoms with E-state index in [1.54, 1.807) is 4.31 Å². The van der Waals surface area contributed by atoms with Crippen LogP contribution in [0.3, 0.4) is 0 Å². The van der Waals surface area contributed by atoms with Crippen molar-refractivity contribution in [3.8, 4) is 0 Å². The Balaban J connectivity index is 2.64. The molecule has 0 aliphatic carbocycles. The second-order valence-electron chi connectivity index (χ2n) is 7.57. The van der Waals surface area contributed by atoms with Gasteiger partial charge in [-0.2, -0.15) is 0 Å². The highest BCUT2D eigenvalue weighted by molar-refractivity contribution is 7.89. The van der Waals surface area contributed by atoms with Crippen molar-refractivity contribution >= 4 is 21.9 Å². The van der Waals surface area contributed by atoms with E-state index in [2.05, 4.69) is 20.9 Å². The van der Waals surface area contributed by atoms with Gasteiger partial charge in [-0.25, -0.2) is 12.7 Å². The molecule has 0 radical (unpaired) electrons. The summed E-state index contributed by atoms with van der Waals surface area (Å²) in [6.45, 7) is 12.3. The van der Waals surface area contributed by atoms with Crippen LogP contribution in [0.2, 0.25) is 0 Å². The minimum atomic E-state index is -3.12. The van der Waals surface area contributed by atoms with Crippen molar-refractivity contribution in [3.63, 3.8) is 0 Å². The quantitative estimate of drug-likeness (QED) is 0.392. The molecule has 27 heavy (non-hydrogen) atoms. The Morgan fingerprint density at radius 2 is 1.70 bits per heavy atom. The summed E-state index contributed by atoms with van der Waals surface area (Å²) >= 11 is 0. The fraction of sp³-hybridized carbons (Fsp3) is 0.889. The molecule has 0 bridgehead atoms. The first-order valence-corrected chi connectivity index (χ1v) is 11.6. The molecule has 0 aromatic heterocycles. The minimum Gasteiger partial charge on any atom is -0.357 e. The Bertz CT molecular complexity index is 596. The molecule has 3 N–H and O–H groups in total. The Morgan fingerprint density at radius 3 is 2.22 bits per heavy atom. The Kier molecular flexibility index (Phi) is 9.52. The van der Waals surface area contributed by atoms with Crippen molar-refractivity contribution < 1.29 is 13.2 Å². The SMILES string of the molecule is CCCS(=O)(=O)N1CCC(NC(=NCC(C)(C)C(=O)NCC)NCC)CC1. The molecular weight excluding hydrogens is 366 g/mol. The van der Waals surface area contributed by atoms with Gasteiger partial charge in [-0.3, -0.25) is 9.79 Å². The maximum absolute atomic E-state index is 12.2. The van der Waals surface area contributed by atoms with Gasteiger partial charge in [0.15, 0.2) is 5.96 Å². The van der Waals surface area contributed by atoms with Gasteiger partial charge in [0.2, 0.25) is 15.9 Å². The van der Waals surface area contributed by atoms with Crippen molar-refractivity contribution in [1.82, 2.24) is 20.3 Å². The van der Waals surface area contributed by atoms with Crippen LogP contribution < -0.4 is 16.0 Å². The van der Waals surface area contributed by atoms with Crippen LogP contribution in [0.25, 0.3) is 0 Å². The number of hydrogen-bond acceptors (Lipinski definition) is 4. The maximum Gasteiger partial charge on any atom is 0.227 e. The molecule has 0 saturated carbocycles. The van der Waals surface area contributed by atoms with Crippen molar-refractivity contribution in [2.24, 2.45) is 10.4 Å². The van der Waals surface area contributed by atoms with Gasteiger partial charge in [0.25, 0.3) is 0 Å². The predicted molar refractivity (Wildman–Crippen MR) is 110 cm³/mol. The van der Waals surface area contributed by atoms with Crippen LogP contribution in [-0.4, -0.2) is 69.1 Å². The second-order valence-corrected chi connectivity index (χ2v) is 9.66. The van der Waals surface area contributed by atoms with E-state index in [0.717, 1.165) is 19.4 Å². The predicted octanol–water partition coefficient (Wildman–Crippen LogP) is 0.908. The van der Waals surface area contributed by atoms with Crippen molar-refractivity contribution in [1.29, 1.82) is 0 Å². The van der Waals surface area contributed by atoms with Gasteiger partial charge in [-0.1, -0.05) is 6.92 Å². The molecule has 0 aromatic carbocycles. The van der Waals surface area contributed by atoms with E-state index < -0.39 is 15.4 Å². The van der Waals surface area contributed by atoms with Gasteiger partial charge in [0, 0.05) is 32.2 Å². The number of sulfonamides is 1. The Hall–Kier alpha value is -1.35. The summed E-state index contributed by atoms with van der Waals surface area (Å²) in [5.74, 6) is 0.869. The standard InChI is InChI=1S/C18H37N5O3S/c1-6-13-27(25,26)23-11-9-15(10-12-23)22-17(20-8-3)21-14-18(4,5)16(24)19-7-2/h15H,6-14H2,1-5H3,(H,19,24)(H2,20,21,22). The lowest BCUT2D eigenvalue weighted by atomic mass is 9.92. The third kappa shape index (κ3) is 7.65. The Morgan fingerprint density at radius 1 is 1.11 bits per heavy atom. The lowest BCUT2D eigenvalue weighted by Crippen LogP contribution is -2.50. The monoisotopic (exact) mass is 403 g/mol. The van der Waals surface area contributed by atoms with Crippen molar-refractivity contribution in [3.05, 3.63) is 0 Å². The molecule has 8 nitrogen and oxygen atoms in total. The zero-order valence-electron chi connectivity index (χ0n) is 17.5. The summed E-state index contributed by atoms with van der Waals surface area (Å²) in [6, 6.07) is 0.170. The third-order valence-electron chi connectivity index (χ3n) is 4.58. The Labute approximate surface area is 164 Å². The molecule has 1 saturated heterocycles. The molecule has 1 aliphatic rings. The molecule has 9 heteroatoms. The molecule has 1 heterocycles. The summed E-state index contributed by atoms with van der Waals surface area (Å²) in [5, 5.41) is 9.44. The zero-order valence-corrected chi connectivity index (χ0v) is 18.3. The van der Waals surface area contributed by atoms with Crippen LogP contribution in [0.1, 0.15) is 53.9 Å². The van der Waals surface area contributed by atoms with Crippen LogP contribution in [0, 0.1) is 5.41 Å². The summed E-state index contributed by atoms with van der Waals surface area (Å²) in [4.78, 5) is 16.7. The number of nitrogens with zero attached hydrogens (tertiary/aromatic N) is 2. The van der Waals surface area contributed by atoms with Gasteiger partial charge < -0.3 is 16.0 Å². The first kappa shape index (κ1) is 23.7.